The van der Waals surface area contributed by atoms with Crippen LogP contribution in [-0.4, -0.2) is 50.4 Å². The topological polar surface area (TPSA) is 106 Å². The number of amides is 1. The second-order valence-corrected chi connectivity index (χ2v) is 10.8. The van der Waals surface area contributed by atoms with Crippen LogP contribution in [0.4, 0.5) is 14.6 Å². The zero-order valence-electron chi connectivity index (χ0n) is 17.8. The quantitative estimate of drug-likeness (QED) is 0.609. The van der Waals surface area contributed by atoms with Crippen LogP contribution in [0.2, 0.25) is 0 Å². The van der Waals surface area contributed by atoms with Crippen molar-refractivity contribution in [3.05, 3.63) is 34.4 Å². The van der Waals surface area contributed by atoms with Crippen LogP contribution in [0.3, 0.4) is 0 Å². The van der Waals surface area contributed by atoms with Crippen molar-refractivity contribution in [2.24, 2.45) is 16.6 Å². The molecule has 0 bridgehead atoms. The number of hydrogen-bond acceptors (Lipinski definition) is 8. The van der Waals surface area contributed by atoms with E-state index in [2.05, 4.69) is 32.3 Å². The molecule has 1 saturated carbocycles. The average Bonchev–Trinajstić information content (AvgIpc) is 3.47. The van der Waals surface area contributed by atoms with E-state index in [4.69, 9.17) is 10.7 Å². The summed E-state index contributed by atoms with van der Waals surface area (Å²) in [5, 5.41) is 7.70. The van der Waals surface area contributed by atoms with Gasteiger partial charge in [-0.3, -0.25) is 9.10 Å². The molecular formula is C20H24F2N6O2S2. The molecule has 32 heavy (non-hydrogen) atoms. The number of halogens is 2. The normalized spacial score (nSPS) is 25.7. The maximum absolute atomic E-state index is 12.5. The van der Waals surface area contributed by atoms with E-state index in [1.807, 2.05) is 18.3 Å². The van der Waals surface area contributed by atoms with E-state index < -0.39 is 18.1 Å². The van der Waals surface area contributed by atoms with Gasteiger partial charge < -0.3 is 15.8 Å². The summed E-state index contributed by atoms with van der Waals surface area (Å²) in [6.45, 7) is 1.16. The Morgan fingerprint density at radius 1 is 1.47 bits per heavy atom. The number of rotatable bonds is 6. The minimum Gasteiger partial charge on any atom is -0.433 e. The first-order valence-electron chi connectivity index (χ1n) is 10.0. The minimum absolute atomic E-state index is 0.0620. The van der Waals surface area contributed by atoms with Crippen LogP contribution < -0.4 is 15.8 Å². The van der Waals surface area contributed by atoms with Crippen LogP contribution in [0.1, 0.15) is 42.2 Å². The number of nitrogens with zero attached hydrogens (tertiary/aromatic N) is 4. The third-order valence-electron chi connectivity index (χ3n) is 5.46. The third-order valence-corrected chi connectivity index (χ3v) is 9.20. The molecule has 1 aliphatic carbocycles. The Bertz CT molecular complexity index is 1070. The fourth-order valence-electron chi connectivity index (χ4n) is 3.85. The van der Waals surface area contributed by atoms with Gasteiger partial charge in [-0.1, -0.05) is 10.7 Å². The number of nitrogens with two attached hydrogens (primary N) is 1. The van der Waals surface area contributed by atoms with E-state index in [-0.39, 0.29) is 27.4 Å². The minimum atomic E-state index is -2.95. The molecule has 8 nitrogen and oxygen atoms in total. The zero-order valence-corrected chi connectivity index (χ0v) is 19.4. The first kappa shape index (κ1) is 22.6. The highest BCUT2D eigenvalue weighted by molar-refractivity contribution is 8.14. The summed E-state index contributed by atoms with van der Waals surface area (Å²) in [5.74, 6) is 0.796. The predicted molar refractivity (Wildman–Crippen MR) is 124 cm³/mol. The largest absolute Gasteiger partial charge is 0.433 e. The third kappa shape index (κ3) is 4.33. The fourth-order valence-corrected chi connectivity index (χ4v) is 7.33. The van der Waals surface area contributed by atoms with Crippen LogP contribution >= 0.6 is 22.0 Å². The van der Waals surface area contributed by atoms with Gasteiger partial charge in [0.2, 0.25) is 5.96 Å². The Kier molecular flexibility index (Phi) is 6.17. The summed E-state index contributed by atoms with van der Waals surface area (Å²) in [6, 6.07) is 2.58. The number of carbonyl (C=O) groups excluding carboxylic acids is 1. The number of carbonyl (C=O) groups is 1. The van der Waals surface area contributed by atoms with Crippen molar-refractivity contribution in [3.8, 4) is 5.75 Å². The number of anilines is 1. The number of hydrogen-bond donors (Lipinski definition) is 2. The summed E-state index contributed by atoms with van der Waals surface area (Å²) >= 11 is 1.43. The molecule has 1 aliphatic heterocycles. The SMILES string of the molecule is C/C=S1\[C@@H](C2CC2)[C@](C)(c2nc(NC(=O)c3ccc(OC(F)F)cn3)cs2)N=C(N)N1C. The number of aliphatic imine (C=N–C) groups is 1. The molecule has 2 aromatic rings. The molecule has 0 radical (unpaired) electrons. The number of nitrogens with one attached hydrogen (secondary N) is 1. The summed E-state index contributed by atoms with van der Waals surface area (Å²) in [6.07, 6.45) is 3.40. The van der Waals surface area contributed by atoms with Crippen molar-refractivity contribution >= 4 is 45.1 Å². The molecule has 12 heteroatoms. The summed E-state index contributed by atoms with van der Waals surface area (Å²) in [4.78, 5) is 25.9. The van der Waals surface area contributed by atoms with Gasteiger partial charge in [0.05, 0.1) is 11.4 Å². The Labute approximate surface area is 191 Å². The molecule has 0 aromatic carbocycles. The highest BCUT2D eigenvalue weighted by Gasteiger charge is 2.51. The number of aromatic nitrogens is 2. The van der Waals surface area contributed by atoms with Crippen LogP contribution in [0.5, 0.6) is 5.75 Å². The first-order chi connectivity index (χ1) is 15.2. The van der Waals surface area contributed by atoms with Crippen molar-refractivity contribution in [1.82, 2.24) is 14.3 Å². The Balaban J connectivity index is 1.55. The van der Waals surface area contributed by atoms with Gasteiger partial charge in [0.15, 0.2) is 0 Å². The number of thiazole rings is 1. The maximum Gasteiger partial charge on any atom is 0.387 e. The second kappa shape index (κ2) is 8.74. The summed E-state index contributed by atoms with van der Waals surface area (Å²) in [7, 11) is 1.78. The molecule has 1 amide bonds. The molecule has 1 unspecified atom stereocenters. The molecular weight excluding hydrogens is 458 g/mol. The zero-order chi connectivity index (χ0) is 23.0. The Morgan fingerprint density at radius 2 is 2.22 bits per heavy atom. The lowest BCUT2D eigenvalue weighted by Gasteiger charge is -2.43. The van der Waals surface area contributed by atoms with E-state index in [0.29, 0.717) is 17.7 Å². The van der Waals surface area contributed by atoms with Crippen molar-refractivity contribution < 1.29 is 18.3 Å². The lowest BCUT2D eigenvalue weighted by molar-refractivity contribution is -0.0500. The molecule has 2 aliphatic rings. The number of alkyl halides is 2. The molecule has 0 saturated heterocycles. The molecule has 2 aromatic heterocycles. The standard InChI is InChI=1S/C20H24F2N6O2S2/c1-4-32-15(11-5-6-11)20(2,27-19(23)28(32)3)17-26-14(10-31-17)25-16(29)13-8-7-12(9-24-13)30-18(21)22/h4,7-11,15,18H,5-6H2,1-3H3,(H2,23,27)(H,25,29)/t15-,20+,32?/m0/s1. The molecule has 3 heterocycles. The van der Waals surface area contributed by atoms with Crippen molar-refractivity contribution in [3.63, 3.8) is 0 Å². The van der Waals surface area contributed by atoms with Gasteiger partial charge in [0.1, 0.15) is 27.8 Å². The van der Waals surface area contributed by atoms with Gasteiger partial charge in [-0.2, -0.15) is 8.78 Å². The van der Waals surface area contributed by atoms with Gasteiger partial charge in [-0.25, -0.2) is 15.0 Å². The average molecular weight is 483 g/mol. The highest BCUT2D eigenvalue weighted by Crippen LogP contribution is 2.55. The molecule has 172 valence electrons. The van der Waals surface area contributed by atoms with E-state index in [9.17, 15) is 13.6 Å². The smallest absolute Gasteiger partial charge is 0.387 e. The van der Waals surface area contributed by atoms with Crippen molar-refractivity contribution in [2.75, 3.05) is 12.4 Å². The van der Waals surface area contributed by atoms with E-state index in [1.54, 1.807) is 5.38 Å². The summed E-state index contributed by atoms with van der Waals surface area (Å²) < 4.78 is 30.8. The number of pyridine rings is 1. The van der Waals surface area contributed by atoms with Crippen molar-refractivity contribution in [2.45, 2.75) is 44.1 Å². The Morgan fingerprint density at radius 3 is 2.81 bits per heavy atom. The Hall–Kier alpha value is -2.60. The molecule has 0 spiro atoms. The van der Waals surface area contributed by atoms with Gasteiger partial charge in [0.25, 0.3) is 5.91 Å². The van der Waals surface area contributed by atoms with E-state index in [1.165, 1.54) is 23.5 Å². The lowest BCUT2D eigenvalue weighted by Crippen LogP contribution is -2.48. The lowest BCUT2D eigenvalue weighted by atomic mass is 9.95. The van der Waals surface area contributed by atoms with Crippen LogP contribution in [0.25, 0.3) is 0 Å². The molecule has 1 fully saturated rings. The van der Waals surface area contributed by atoms with Gasteiger partial charge in [-0.05, 0) is 50.1 Å². The van der Waals surface area contributed by atoms with E-state index >= 15 is 0 Å². The van der Waals surface area contributed by atoms with Crippen LogP contribution in [-0.2, 0) is 5.54 Å². The summed E-state index contributed by atoms with van der Waals surface area (Å²) in [5.41, 5.74) is 5.72. The fraction of sp³-hybridized carbons (Fsp3) is 0.450. The molecule has 3 atom stereocenters. The van der Waals surface area contributed by atoms with Crippen LogP contribution in [0.15, 0.2) is 28.7 Å². The van der Waals surface area contributed by atoms with E-state index in [0.717, 1.165) is 24.0 Å². The monoisotopic (exact) mass is 482 g/mol. The maximum atomic E-state index is 12.5. The first-order valence-corrected chi connectivity index (χ1v) is 12.2. The van der Waals surface area contributed by atoms with Gasteiger partial charge >= 0.3 is 6.61 Å². The number of ether oxygens (including phenoxy) is 1. The number of guanidine groups is 1. The molecule has 3 N–H and O–H groups in total. The van der Waals surface area contributed by atoms with Gasteiger partial charge in [-0.15, -0.1) is 11.3 Å². The van der Waals surface area contributed by atoms with Gasteiger partial charge in [0, 0.05) is 12.4 Å². The second-order valence-electron chi connectivity index (χ2n) is 7.71. The predicted octanol–water partition coefficient (Wildman–Crippen LogP) is 3.65. The molecule has 4 rings (SSSR count). The van der Waals surface area contributed by atoms with Crippen LogP contribution in [0, 0.1) is 5.92 Å². The van der Waals surface area contributed by atoms with Crippen molar-refractivity contribution in [1.29, 1.82) is 0 Å². The highest BCUT2D eigenvalue weighted by atomic mass is 32.2.